The summed E-state index contributed by atoms with van der Waals surface area (Å²) in [6.45, 7) is 1.60. The lowest BCUT2D eigenvalue weighted by Crippen LogP contribution is -2.23. The summed E-state index contributed by atoms with van der Waals surface area (Å²) in [4.78, 5) is 0.737. The summed E-state index contributed by atoms with van der Waals surface area (Å²) in [5.74, 6) is -0.994. The zero-order valence-corrected chi connectivity index (χ0v) is 10.1. The van der Waals surface area contributed by atoms with E-state index in [0.717, 1.165) is 23.1 Å². The van der Waals surface area contributed by atoms with Gasteiger partial charge in [-0.25, -0.2) is 8.78 Å². The first-order valence-corrected chi connectivity index (χ1v) is 6.07. The van der Waals surface area contributed by atoms with Crippen molar-refractivity contribution < 1.29 is 13.9 Å². The van der Waals surface area contributed by atoms with Gasteiger partial charge in [0.25, 0.3) is 0 Å². The lowest BCUT2D eigenvalue weighted by molar-refractivity contribution is 0.0605. The highest BCUT2D eigenvalue weighted by molar-refractivity contribution is 7.10. The Morgan fingerprint density at radius 3 is 2.71 bits per heavy atom. The molecule has 2 rings (SSSR count). The summed E-state index contributed by atoms with van der Waals surface area (Å²) in [5, 5.41) is 12.1. The van der Waals surface area contributed by atoms with Crippen LogP contribution in [0.25, 0.3) is 0 Å². The van der Waals surface area contributed by atoms with Crippen LogP contribution in [0.5, 0.6) is 0 Å². The van der Waals surface area contributed by atoms with Crippen molar-refractivity contribution in [2.75, 3.05) is 0 Å². The predicted molar refractivity (Wildman–Crippen MR) is 64.0 cm³/mol. The van der Waals surface area contributed by atoms with Gasteiger partial charge in [0.1, 0.15) is 17.2 Å². The van der Waals surface area contributed by atoms with Crippen LogP contribution in [0, 0.1) is 11.6 Å². The second-order valence-corrected chi connectivity index (χ2v) is 5.11. The summed E-state index contributed by atoms with van der Waals surface area (Å²) in [7, 11) is 0. The molecule has 0 aliphatic carbocycles. The Morgan fingerprint density at radius 1 is 1.29 bits per heavy atom. The SMILES string of the molecule is CC(O)(Cc1cc(F)ccc1F)c1cccs1. The lowest BCUT2D eigenvalue weighted by Gasteiger charge is -2.22. The van der Waals surface area contributed by atoms with E-state index in [0.29, 0.717) is 0 Å². The van der Waals surface area contributed by atoms with Crippen LogP contribution in [0.4, 0.5) is 8.78 Å². The van der Waals surface area contributed by atoms with Crippen molar-refractivity contribution in [2.45, 2.75) is 18.9 Å². The fourth-order valence-electron chi connectivity index (χ4n) is 1.72. The number of thiophene rings is 1. The molecule has 0 saturated carbocycles. The number of rotatable bonds is 3. The van der Waals surface area contributed by atoms with E-state index < -0.39 is 17.2 Å². The minimum atomic E-state index is -1.18. The summed E-state index contributed by atoms with van der Waals surface area (Å²) in [5.41, 5.74) is -0.994. The number of aliphatic hydroxyl groups is 1. The Bertz CT molecular complexity index is 506. The summed E-state index contributed by atoms with van der Waals surface area (Å²) in [6.07, 6.45) is 0.0527. The molecule has 2 aromatic rings. The highest BCUT2D eigenvalue weighted by Gasteiger charge is 2.26. The average Bonchev–Trinajstić information content (AvgIpc) is 2.77. The maximum atomic E-state index is 13.5. The Balaban J connectivity index is 2.29. The quantitative estimate of drug-likeness (QED) is 0.889. The van der Waals surface area contributed by atoms with Crippen molar-refractivity contribution in [3.05, 3.63) is 57.8 Å². The molecule has 1 heterocycles. The van der Waals surface area contributed by atoms with Crippen LogP contribution < -0.4 is 0 Å². The molecule has 0 amide bonds. The second kappa shape index (κ2) is 4.55. The fraction of sp³-hybridized carbons (Fsp3) is 0.231. The minimum absolute atomic E-state index is 0.0527. The normalized spacial score (nSPS) is 14.6. The molecule has 0 spiro atoms. The minimum Gasteiger partial charge on any atom is -0.384 e. The molecule has 0 bridgehead atoms. The number of hydrogen-bond acceptors (Lipinski definition) is 2. The van der Waals surface area contributed by atoms with Crippen molar-refractivity contribution in [3.8, 4) is 0 Å². The van der Waals surface area contributed by atoms with Gasteiger partial charge in [-0.2, -0.15) is 0 Å². The van der Waals surface area contributed by atoms with Gasteiger partial charge in [-0.1, -0.05) is 6.07 Å². The molecule has 1 atom stereocenters. The zero-order valence-electron chi connectivity index (χ0n) is 9.28. The summed E-state index contributed by atoms with van der Waals surface area (Å²) < 4.78 is 26.5. The molecule has 0 saturated heterocycles. The molecule has 1 N–H and O–H groups in total. The molecule has 1 unspecified atom stereocenters. The third-order valence-electron chi connectivity index (χ3n) is 2.59. The van der Waals surface area contributed by atoms with Gasteiger partial charge in [-0.15, -0.1) is 11.3 Å². The van der Waals surface area contributed by atoms with Gasteiger partial charge in [-0.05, 0) is 42.1 Å². The second-order valence-electron chi connectivity index (χ2n) is 4.16. The molecule has 0 fully saturated rings. The van der Waals surface area contributed by atoms with Crippen LogP contribution in [-0.2, 0) is 12.0 Å². The van der Waals surface area contributed by atoms with E-state index >= 15 is 0 Å². The molecule has 1 aromatic heterocycles. The fourth-order valence-corrected chi connectivity index (χ4v) is 2.51. The molecular weight excluding hydrogens is 242 g/mol. The first kappa shape index (κ1) is 12.2. The maximum Gasteiger partial charge on any atom is 0.126 e. The van der Waals surface area contributed by atoms with Crippen molar-refractivity contribution >= 4 is 11.3 Å². The number of halogens is 2. The van der Waals surface area contributed by atoms with Crippen LogP contribution in [0.3, 0.4) is 0 Å². The Morgan fingerprint density at radius 2 is 2.06 bits per heavy atom. The summed E-state index contributed by atoms with van der Waals surface area (Å²) in [6, 6.07) is 6.86. The van der Waals surface area contributed by atoms with E-state index in [-0.39, 0.29) is 12.0 Å². The van der Waals surface area contributed by atoms with Crippen LogP contribution >= 0.6 is 11.3 Å². The molecule has 1 nitrogen and oxygen atoms in total. The van der Waals surface area contributed by atoms with Crippen LogP contribution in [0.2, 0.25) is 0 Å². The van der Waals surface area contributed by atoms with Crippen LogP contribution in [-0.4, -0.2) is 5.11 Å². The van der Waals surface area contributed by atoms with E-state index in [1.807, 2.05) is 11.4 Å². The predicted octanol–water partition coefficient (Wildman–Crippen LogP) is 3.48. The largest absolute Gasteiger partial charge is 0.384 e. The molecule has 0 radical (unpaired) electrons. The molecule has 0 aliphatic rings. The van der Waals surface area contributed by atoms with E-state index in [4.69, 9.17) is 0 Å². The molecule has 0 aliphatic heterocycles. The van der Waals surface area contributed by atoms with Gasteiger partial charge < -0.3 is 5.11 Å². The van der Waals surface area contributed by atoms with Crippen LogP contribution in [0.1, 0.15) is 17.4 Å². The maximum absolute atomic E-state index is 13.5. The van der Waals surface area contributed by atoms with Gasteiger partial charge in [0.05, 0.1) is 0 Å². The summed E-state index contributed by atoms with van der Waals surface area (Å²) >= 11 is 1.39. The molecule has 17 heavy (non-hydrogen) atoms. The van der Waals surface area contributed by atoms with Gasteiger partial charge in [0, 0.05) is 11.3 Å². The van der Waals surface area contributed by atoms with Gasteiger partial charge in [0.2, 0.25) is 0 Å². The molecular formula is C13H12F2OS. The lowest BCUT2D eigenvalue weighted by atomic mass is 9.94. The Labute approximate surface area is 102 Å². The van der Waals surface area contributed by atoms with Gasteiger partial charge in [0.15, 0.2) is 0 Å². The van der Waals surface area contributed by atoms with Crippen molar-refractivity contribution in [1.82, 2.24) is 0 Å². The smallest absolute Gasteiger partial charge is 0.126 e. The Kier molecular flexibility index (Phi) is 3.26. The third kappa shape index (κ3) is 2.70. The van der Waals surface area contributed by atoms with E-state index in [1.165, 1.54) is 11.3 Å². The number of benzene rings is 1. The monoisotopic (exact) mass is 254 g/mol. The highest BCUT2D eigenvalue weighted by atomic mass is 32.1. The Hall–Kier alpha value is -1.26. The van der Waals surface area contributed by atoms with E-state index in [2.05, 4.69) is 0 Å². The van der Waals surface area contributed by atoms with E-state index in [1.54, 1.807) is 13.0 Å². The van der Waals surface area contributed by atoms with E-state index in [9.17, 15) is 13.9 Å². The van der Waals surface area contributed by atoms with Crippen LogP contribution in [0.15, 0.2) is 35.7 Å². The standard InChI is InChI=1S/C13H12F2OS/c1-13(16,12-3-2-6-17-12)8-9-7-10(14)4-5-11(9)15/h2-7,16H,8H2,1H3. The van der Waals surface area contributed by atoms with Crippen molar-refractivity contribution in [3.63, 3.8) is 0 Å². The molecule has 4 heteroatoms. The number of hydrogen-bond donors (Lipinski definition) is 1. The van der Waals surface area contributed by atoms with Gasteiger partial charge in [-0.3, -0.25) is 0 Å². The van der Waals surface area contributed by atoms with Crippen molar-refractivity contribution in [2.24, 2.45) is 0 Å². The average molecular weight is 254 g/mol. The van der Waals surface area contributed by atoms with Crippen molar-refractivity contribution in [1.29, 1.82) is 0 Å². The third-order valence-corrected chi connectivity index (χ3v) is 3.72. The zero-order chi connectivity index (χ0) is 12.5. The highest BCUT2D eigenvalue weighted by Crippen LogP contribution is 2.29. The molecule has 1 aromatic carbocycles. The first-order chi connectivity index (χ1) is 7.99. The van der Waals surface area contributed by atoms with Gasteiger partial charge >= 0.3 is 0 Å². The first-order valence-electron chi connectivity index (χ1n) is 5.19. The topological polar surface area (TPSA) is 20.2 Å². The molecule has 90 valence electrons.